The topological polar surface area (TPSA) is 86.8 Å². The van der Waals surface area contributed by atoms with Crippen LogP contribution >= 0.6 is 11.6 Å². The molecule has 9 heteroatoms. The van der Waals surface area contributed by atoms with E-state index < -0.39 is 11.6 Å². The Labute approximate surface area is 199 Å². The van der Waals surface area contributed by atoms with Gasteiger partial charge in [0.1, 0.15) is 11.4 Å². The summed E-state index contributed by atoms with van der Waals surface area (Å²) in [5, 5.41) is 6.28. The second kappa shape index (κ2) is 9.67. The van der Waals surface area contributed by atoms with Gasteiger partial charge in [0.15, 0.2) is 0 Å². The van der Waals surface area contributed by atoms with Gasteiger partial charge in [0.25, 0.3) is 0 Å². The van der Waals surface area contributed by atoms with Crippen molar-refractivity contribution >= 4 is 35.0 Å². The number of ether oxygens (including phenoxy) is 1. The number of benzene rings is 1. The molecule has 0 radical (unpaired) electrons. The summed E-state index contributed by atoms with van der Waals surface area (Å²) in [7, 11) is 3.72. The third kappa shape index (κ3) is 5.13. The third-order valence-corrected chi connectivity index (χ3v) is 6.85. The van der Waals surface area contributed by atoms with Crippen molar-refractivity contribution in [3.05, 3.63) is 52.7 Å². The lowest BCUT2D eigenvalue weighted by Gasteiger charge is -2.33. The number of anilines is 2. The minimum Gasteiger partial charge on any atom is -0.380 e. The average Bonchev–Trinajstić information content (AvgIpc) is 3.05. The van der Waals surface area contributed by atoms with Crippen LogP contribution in [0.1, 0.15) is 24.5 Å². The van der Waals surface area contributed by atoms with Crippen LogP contribution in [0.2, 0.25) is 5.02 Å². The first-order valence-corrected chi connectivity index (χ1v) is 11.5. The number of methoxy groups -OCH3 is 1. The lowest BCUT2D eigenvalue weighted by Crippen LogP contribution is -2.54. The maximum absolute atomic E-state index is 13.5. The van der Waals surface area contributed by atoms with E-state index in [2.05, 4.69) is 39.7 Å². The van der Waals surface area contributed by atoms with Crippen molar-refractivity contribution in [2.24, 2.45) is 0 Å². The van der Waals surface area contributed by atoms with Crippen LogP contribution in [0, 0.1) is 0 Å². The second-order valence-electron chi connectivity index (χ2n) is 8.98. The fourth-order valence-corrected chi connectivity index (χ4v) is 4.62. The summed E-state index contributed by atoms with van der Waals surface area (Å²) in [6.07, 6.45) is 3.56. The van der Waals surface area contributed by atoms with E-state index in [1.807, 2.05) is 6.07 Å². The smallest absolute Gasteiger partial charge is 0.323 e. The molecule has 1 saturated heterocycles. The van der Waals surface area contributed by atoms with E-state index in [9.17, 15) is 9.59 Å². The predicted octanol–water partition coefficient (Wildman–Crippen LogP) is 3.42. The molecule has 2 N–H and O–H groups in total. The molecule has 1 aromatic carbocycles. The van der Waals surface area contributed by atoms with Gasteiger partial charge < -0.3 is 19.9 Å². The van der Waals surface area contributed by atoms with Crippen LogP contribution in [0.25, 0.3) is 0 Å². The van der Waals surface area contributed by atoms with Gasteiger partial charge in [-0.3, -0.25) is 10.1 Å². The van der Waals surface area contributed by atoms with Crippen LogP contribution in [-0.4, -0.2) is 72.2 Å². The summed E-state index contributed by atoms with van der Waals surface area (Å²) in [6, 6.07) is 8.95. The summed E-state index contributed by atoms with van der Waals surface area (Å²) in [5.74, 6) is 0.121. The van der Waals surface area contributed by atoms with E-state index >= 15 is 0 Å². The summed E-state index contributed by atoms with van der Waals surface area (Å²) in [6.45, 7) is 4.09. The number of nitrogens with one attached hydrogen (secondary N) is 2. The summed E-state index contributed by atoms with van der Waals surface area (Å²) in [4.78, 5) is 34.5. The molecule has 1 unspecified atom stereocenters. The summed E-state index contributed by atoms with van der Waals surface area (Å²) < 4.78 is 5.51. The van der Waals surface area contributed by atoms with Gasteiger partial charge >= 0.3 is 6.03 Å². The zero-order chi connectivity index (χ0) is 23.6. The summed E-state index contributed by atoms with van der Waals surface area (Å²) >= 11 is 5.88. The number of aromatic nitrogens is 1. The monoisotopic (exact) mass is 471 g/mol. The Hall–Kier alpha value is -2.68. The van der Waals surface area contributed by atoms with E-state index in [1.165, 1.54) is 22.2 Å². The molecular weight excluding hydrogens is 442 g/mol. The first-order valence-electron chi connectivity index (χ1n) is 11.1. The molecule has 1 fully saturated rings. The maximum Gasteiger partial charge on any atom is 0.323 e. The molecule has 8 nitrogen and oxygen atoms in total. The Kier molecular flexibility index (Phi) is 6.88. The van der Waals surface area contributed by atoms with E-state index in [1.54, 1.807) is 26.2 Å². The molecule has 0 aliphatic carbocycles. The molecule has 3 heterocycles. The van der Waals surface area contributed by atoms with Crippen molar-refractivity contribution in [1.82, 2.24) is 14.8 Å². The molecule has 3 amide bonds. The minimum atomic E-state index is -1.08. The fraction of sp³-hybridized carbons (Fsp3) is 0.458. The molecule has 0 saturated carbocycles. The number of likely N-dealkylation sites (tertiary alicyclic amines) is 1. The number of likely N-dealkylation sites (N-methyl/N-ethyl adjacent to an activating group) is 1. The lowest BCUT2D eigenvalue weighted by molar-refractivity contribution is -0.124. The van der Waals surface area contributed by atoms with Crippen LogP contribution in [0.3, 0.4) is 0 Å². The Morgan fingerprint density at radius 3 is 2.61 bits per heavy atom. The van der Waals surface area contributed by atoms with E-state index in [4.69, 9.17) is 16.3 Å². The van der Waals surface area contributed by atoms with Crippen molar-refractivity contribution in [2.45, 2.75) is 37.8 Å². The molecule has 0 spiro atoms. The molecule has 2 aliphatic heterocycles. The van der Waals surface area contributed by atoms with Crippen molar-refractivity contribution in [1.29, 1.82) is 0 Å². The Bertz CT molecular complexity index is 1030. The third-order valence-electron chi connectivity index (χ3n) is 6.63. The highest BCUT2D eigenvalue weighted by atomic mass is 35.5. The highest BCUT2D eigenvalue weighted by Crippen LogP contribution is 2.33. The number of fused-ring (bicyclic) bond motifs is 1. The molecule has 2 aliphatic rings. The maximum atomic E-state index is 13.5. The highest BCUT2D eigenvalue weighted by Gasteiger charge is 2.50. The number of amides is 3. The molecule has 2 aromatic rings. The first kappa shape index (κ1) is 23.5. The number of carbonyl (C=O) groups is 2. The number of carbonyl (C=O) groups excluding carboxylic acids is 2. The number of halogens is 1. The van der Waals surface area contributed by atoms with Gasteiger partial charge in [-0.25, -0.2) is 9.78 Å². The second-order valence-corrected chi connectivity index (χ2v) is 9.42. The van der Waals surface area contributed by atoms with Gasteiger partial charge in [-0.2, -0.15) is 0 Å². The standard InChI is InChI=1S/C24H30ClN5O3/c1-24(22(31)27-19-6-4-16-8-10-29(2)11-9-17(16)12-19)13-20(33-3)15-30(24)23(32)28-21-7-5-18(25)14-26-21/h4-7,12,14,20H,8-11,13,15H2,1-3H3,(H,27,31)(H,26,28,32)/t20?,24-/m1/s1. The van der Waals surface area contributed by atoms with Gasteiger partial charge in [0, 0.05) is 45.0 Å². The van der Waals surface area contributed by atoms with E-state index in [-0.39, 0.29) is 12.0 Å². The zero-order valence-electron chi connectivity index (χ0n) is 19.2. The average molecular weight is 472 g/mol. The molecule has 176 valence electrons. The number of rotatable bonds is 4. The van der Waals surface area contributed by atoms with Gasteiger partial charge in [-0.1, -0.05) is 17.7 Å². The van der Waals surface area contributed by atoms with Crippen LogP contribution < -0.4 is 10.6 Å². The zero-order valence-corrected chi connectivity index (χ0v) is 20.0. The predicted molar refractivity (Wildman–Crippen MR) is 129 cm³/mol. The molecular formula is C24H30ClN5O3. The van der Waals surface area contributed by atoms with Crippen LogP contribution in [-0.2, 0) is 22.4 Å². The number of urea groups is 1. The SMILES string of the molecule is COC1CN(C(=O)Nc2ccc(Cl)cn2)[C@@](C)(C(=O)Nc2ccc3c(c2)CCN(C)CC3)C1. The first-order chi connectivity index (χ1) is 15.8. The number of hydrogen-bond acceptors (Lipinski definition) is 5. The van der Waals surface area contributed by atoms with Crippen molar-refractivity contribution in [2.75, 3.05) is 44.4 Å². The lowest BCUT2D eigenvalue weighted by atomic mass is 9.96. The van der Waals surface area contributed by atoms with Crippen molar-refractivity contribution in [3.8, 4) is 0 Å². The number of nitrogens with zero attached hydrogens (tertiary/aromatic N) is 3. The Balaban J connectivity index is 1.51. The largest absolute Gasteiger partial charge is 0.380 e. The van der Waals surface area contributed by atoms with Crippen molar-refractivity contribution < 1.29 is 14.3 Å². The summed E-state index contributed by atoms with van der Waals surface area (Å²) in [5.41, 5.74) is 2.24. The molecule has 4 rings (SSSR count). The van der Waals surface area contributed by atoms with Gasteiger partial charge in [0.05, 0.1) is 11.1 Å². The van der Waals surface area contributed by atoms with Crippen molar-refractivity contribution in [3.63, 3.8) is 0 Å². The van der Waals surface area contributed by atoms with Crippen LogP contribution in [0.15, 0.2) is 36.5 Å². The molecule has 33 heavy (non-hydrogen) atoms. The Morgan fingerprint density at radius 1 is 1.15 bits per heavy atom. The van der Waals surface area contributed by atoms with Gasteiger partial charge in [0.2, 0.25) is 5.91 Å². The van der Waals surface area contributed by atoms with E-state index in [0.29, 0.717) is 23.8 Å². The van der Waals surface area contributed by atoms with Gasteiger partial charge in [-0.05, 0) is 62.2 Å². The van der Waals surface area contributed by atoms with E-state index in [0.717, 1.165) is 31.6 Å². The molecule has 2 atom stereocenters. The normalized spacial score (nSPS) is 23.0. The highest BCUT2D eigenvalue weighted by molar-refractivity contribution is 6.30. The molecule has 1 aromatic heterocycles. The molecule has 0 bridgehead atoms. The van der Waals surface area contributed by atoms with Crippen LogP contribution in [0.5, 0.6) is 0 Å². The number of hydrogen-bond donors (Lipinski definition) is 2. The van der Waals surface area contributed by atoms with Gasteiger partial charge in [-0.15, -0.1) is 0 Å². The fourth-order valence-electron chi connectivity index (χ4n) is 4.51. The minimum absolute atomic E-state index is 0.243. The quantitative estimate of drug-likeness (QED) is 0.713. The Morgan fingerprint density at radius 2 is 1.91 bits per heavy atom. The van der Waals surface area contributed by atoms with Crippen LogP contribution in [0.4, 0.5) is 16.3 Å². The number of pyridine rings is 1.